The number of nitrogen functional groups attached to an aromatic ring is 1. The van der Waals surface area contributed by atoms with Crippen molar-refractivity contribution in [3.63, 3.8) is 0 Å². The average molecular weight is 198 g/mol. The van der Waals surface area contributed by atoms with Crippen LogP contribution < -0.4 is 11.1 Å². The lowest BCUT2D eigenvalue weighted by Gasteiger charge is -2.04. The van der Waals surface area contributed by atoms with E-state index in [4.69, 9.17) is 17.3 Å². The first-order chi connectivity index (χ1) is 6.25. The number of nitrogens with one attached hydrogen (secondary N) is 1. The number of aromatic nitrogens is 1. The first-order valence-corrected chi connectivity index (χ1v) is 4.78. The maximum Gasteiger partial charge on any atom is 0.123 e. The van der Waals surface area contributed by atoms with E-state index in [0.29, 0.717) is 23.4 Å². The Kier molecular flexibility index (Phi) is 2.38. The van der Waals surface area contributed by atoms with Gasteiger partial charge in [0.1, 0.15) is 5.82 Å². The standard InChI is InChI=1S/C9H12ClN3/c10-7-3-4-9(11)13-8(7)5-12-6-1-2-6/h3-4,6,12H,1-2,5H2,(H2,11,13). The fraction of sp³-hybridized carbons (Fsp3) is 0.444. The number of halogens is 1. The molecule has 0 amide bonds. The van der Waals surface area contributed by atoms with Crippen LogP contribution in [0.3, 0.4) is 0 Å². The molecule has 0 unspecified atom stereocenters. The van der Waals surface area contributed by atoms with E-state index in [1.807, 2.05) is 0 Å². The highest BCUT2D eigenvalue weighted by atomic mass is 35.5. The lowest BCUT2D eigenvalue weighted by Crippen LogP contribution is -2.16. The van der Waals surface area contributed by atoms with Crippen molar-refractivity contribution in [2.75, 3.05) is 5.73 Å². The molecule has 0 spiro atoms. The summed E-state index contributed by atoms with van der Waals surface area (Å²) in [6.45, 7) is 0.717. The van der Waals surface area contributed by atoms with Gasteiger partial charge >= 0.3 is 0 Å². The molecule has 4 heteroatoms. The quantitative estimate of drug-likeness (QED) is 0.774. The van der Waals surface area contributed by atoms with Crippen LogP contribution in [-0.2, 0) is 6.54 Å². The van der Waals surface area contributed by atoms with Gasteiger partial charge in [-0.1, -0.05) is 11.6 Å². The topological polar surface area (TPSA) is 50.9 Å². The van der Waals surface area contributed by atoms with Crippen molar-refractivity contribution in [3.8, 4) is 0 Å². The Morgan fingerprint density at radius 3 is 3.00 bits per heavy atom. The molecule has 0 atom stereocenters. The number of hydrogen-bond donors (Lipinski definition) is 2. The van der Waals surface area contributed by atoms with Gasteiger partial charge in [0, 0.05) is 12.6 Å². The van der Waals surface area contributed by atoms with Crippen LogP contribution in [-0.4, -0.2) is 11.0 Å². The van der Waals surface area contributed by atoms with Gasteiger partial charge in [-0.2, -0.15) is 0 Å². The molecule has 0 aliphatic heterocycles. The van der Waals surface area contributed by atoms with Crippen LogP contribution in [0.1, 0.15) is 18.5 Å². The molecule has 3 nitrogen and oxygen atoms in total. The van der Waals surface area contributed by atoms with Crippen LogP contribution in [0.5, 0.6) is 0 Å². The number of nitrogens with zero attached hydrogens (tertiary/aromatic N) is 1. The van der Waals surface area contributed by atoms with Gasteiger partial charge < -0.3 is 11.1 Å². The van der Waals surface area contributed by atoms with Gasteiger partial charge in [-0.25, -0.2) is 4.98 Å². The van der Waals surface area contributed by atoms with E-state index >= 15 is 0 Å². The predicted octanol–water partition coefficient (Wildman–Crippen LogP) is 1.57. The number of anilines is 1. The first kappa shape index (κ1) is 8.78. The maximum atomic E-state index is 5.94. The highest BCUT2D eigenvalue weighted by Crippen LogP contribution is 2.21. The van der Waals surface area contributed by atoms with E-state index in [2.05, 4.69) is 10.3 Å². The van der Waals surface area contributed by atoms with Crippen molar-refractivity contribution in [3.05, 3.63) is 22.8 Å². The van der Waals surface area contributed by atoms with Crippen molar-refractivity contribution < 1.29 is 0 Å². The van der Waals surface area contributed by atoms with E-state index in [1.165, 1.54) is 12.8 Å². The molecule has 0 radical (unpaired) electrons. The van der Waals surface area contributed by atoms with Gasteiger partial charge in [0.25, 0.3) is 0 Å². The minimum atomic E-state index is 0.525. The third kappa shape index (κ3) is 2.32. The number of nitrogens with two attached hydrogens (primary N) is 1. The van der Waals surface area contributed by atoms with Crippen molar-refractivity contribution in [1.29, 1.82) is 0 Å². The molecule has 1 heterocycles. The Bertz CT molecular complexity index is 310. The molecule has 70 valence electrons. The second-order valence-electron chi connectivity index (χ2n) is 3.32. The molecule has 3 N–H and O–H groups in total. The molecular formula is C9H12ClN3. The SMILES string of the molecule is Nc1ccc(Cl)c(CNC2CC2)n1. The predicted molar refractivity (Wildman–Crippen MR) is 53.5 cm³/mol. The van der Waals surface area contributed by atoms with E-state index in [9.17, 15) is 0 Å². The van der Waals surface area contributed by atoms with Gasteiger partial charge in [-0.15, -0.1) is 0 Å². The molecule has 0 bridgehead atoms. The Morgan fingerprint density at radius 1 is 1.54 bits per heavy atom. The third-order valence-electron chi connectivity index (χ3n) is 2.08. The fourth-order valence-corrected chi connectivity index (χ4v) is 1.33. The third-order valence-corrected chi connectivity index (χ3v) is 2.42. The summed E-state index contributed by atoms with van der Waals surface area (Å²) in [6.07, 6.45) is 2.53. The minimum Gasteiger partial charge on any atom is -0.384 e. The smallest absolute Gasteiger partial charge is 0.123 e. The summed E-state index contributed by atoms with van der Waals surface area (Å²) in [5.41, 5.74) is 6.39. The molecule has 1 aromatic rings. The summed E-state index contributed by atoms with van der Waals surface area (Å²) < 4.78 is 0. The maximum absolute atomic E-state index is 5.94. The average Bonchev–Trinajstić information content (AvgIpc) is 2.90. The molecule has 2 rings (SSSR count). The lowest BCUT2D eigenvalue weighted by atomic mass is 10.3. The highest BCUT2D eigenvalue weighted by Gasteiger charge is 2.20. The monoisotopic (exact) mass is 197 g/mol. The van der Waals surface area contributed by atoms with E-state index in [-0.39, 0.29) is 0 Å². The fourth-order valence-electron chi connectivity index (χ4n) is 1.15. The van der Waals surface area contributed by atoms with Crippen molar-refractivity contribution in [1.82, 2.24) is 10.3 Å². The van der Waals surface area contributed by atoms with Crippen molar-refractivity contribution in [2.45, 2.75) is 25.4 Å². The number of pyridine rings is 1. The summed E-state index contributed by atoms with van der Waals surface area (Å²) in [7, 11) is 0. The summed E-state index contributed by atoms with van der Waals surface area (Å²) in [5, 5.41) is 4.02. The summed E-state index contributed by atoms with van der Waals surface area (Å²) in [6, 6.07) is 4.16. The van der Waals surface area contributed by atoms with E-state index in [1.54, 1.807) is 12.1 Å². The van der Waals surface area contributed by atoms with Gasteiger partial charge in [-0.05, 0) is 25.0 Å². The summed E-state index contributed by atoms with van der Waals surface area (Å²) >= 11 is 5.94. The second kappa shape index (κ2) is 3.52. The van der Waals surface area contributed by atoms with Crippen LogP contribution in [0.15, 0.2) is 12.1 Å². The zero-order valence-electron chi connectivity index (χ0n) is 7.26. The Balaban J connectivity index is 2.03. The van der Waals surface area contributed by atoms with Crippen LogP contribution in [0.2, 0.25) is 5.02 Å². The minimum absolute atomic E-state index is 0.525. The Hall–Kier alpha value is -0.800. The Morgan fingerprint density at radius 2 is 2.31 bits per heavy atom. The largest absolute Gasteiger partial charge is 0.384 e. The highest BCUT2D eigenvalue weighted by molar-refractivity contribution is 6.31. The molecule has 1 aliphatic rings. The van der Waals surface area contributed by atoms with E-state index in [0.717, 1.165) is 5.69 Å². The molecule has 1 saturated carbocycles. The molecule has 0 saturated heterocycles. The number of rotatable bonds is 3. The molecule has 1 fully saturated rings. The van der Waals surface area contributed by atoms with Crippen molar-refractivity contribution in [2.24, 2.45) is 0 Å². The zero-order chi connectivity index (χ0) is 9.26. The molecule has 1 aromatic heterocycles. The van der Waals surface area contributed by atoms with Crippen molar-refractivity contribution >= 4 is 17.4 Å². The van der Waals surface area contributed by atoms with Gasteiger partial charge in [0.2, 0.25) is 0 Å². The molecule has 1 aliphatic carbocycles. The molecule has 0 aromatic carbocycles. The second-order valence-corrected chi connectivity index (χ2v) is 3.73. The lowest BCUT2D eigenvalue weighted by molar-refractivity contribution is 0.675. The summed E-state index contributed by atoms with van der Waals surface area (Å²) in [5.74, 6) is 0.525. The van der Waals surface area contributed by atoms with E-state index < -0.39 is 0 Å². The zero-order valence-corrected chi connectivity index (χ0v) is 8.01. The van der Waals surface area contributed by atoms with Gasteiger partial charge in [-0.3, -0.25) is 0 Å². The summed E-state index contributed by atoms with van der Waals surface area (Å²) in [4.78, 5) is 4.16. The van der Waals surface area contributed by atoms with Crippen LogP contribution in [0.4, 0.5) is 5.82 Å². The first-order valence-electron chi connectivity index (χ1n) is 4.40. The van der Waals surface area contributed by atoms with Crippen LogP contribution >= 0.6 is 11.6 Å². The molecular weight excluding hydrogens is 186 g/mol. The van der Waals surface area contributed by atoms with Gasteiger partial charge in [0.15, 0.2) is 0 Å². The normalized spacial score (nSPS) is 16.1. The Labute approximate surface area is 82.3 Å². The number of hydrogen-bond acceptors (Lipinski definition) is 3. The van der Waals surface area contributed by atoms with Gasteiger partial charge in [0.05, 0.1) is 10.7 Å². The van der Waals surface area contributed by atoms with Crippen LogP contribution in [0, 0.1) is 0 Å². The van der Waals surface area contributed by atoms with Crippen LogP contribution in [0.25, 0.3) is 0 Å². The molecule has 13 heavy (non-hydrogen) atoms.